The van der Waals surface area contributed by atoms with Gasteiger partial charge in [0.15, 0.2) is 5.11 Å². The molecule has 1 aromatic carbocycles. The molecule has 0 radical (unpaired) electrons. The third-order valence-corrected chi connectivity index (χ3v) is 3.37. The molecule has 23 heavy (non-hydrogen) atoms. The number of rotatable bonds is 5. The number of benzene rings is 1. The van der Waals surface area contributed by atoms with Crippen LogP contribution in [0.4, 0.5) is 17.1 Å². The number of aromatic nitrogens is 2. The Morgan fingerprint density at radius 1 is 1.43 bits per heavy atom. The molecule has 0 saturated carbocycles. The molecule has 9 heteroatoms. The summed E-state index contributed by atoms with van der Waals surface area (Å²) < 4.78 is 6.96. The lowest BCUT2D eigenvalue weighted by Gasteiger charge is -2.12. The maximum Gasteiger partial charge on any atom is 0.273 e. The van der Waals surface area contributed by atoms with E-state index in [4.69, 9.17) is 17.0 Å². The van der Waals surface area contributed by atoms with Crippen LogP contribution in [0, 0.1) is 17.0 Å². The van der Waals surface area contributed by atoms with Gasteiger partial charge >= 0.3 is 0 Å². The molecule has 0 aliphatic heterocycles. The van der Waals surface area contributed by atoms with Crippen LogP contribution in [0.1, 0.15) is 12.6 Å². The number of nitro benzene ring substituents is 1. The predicted octanol–water partition coefficient (Wildman–Crippen LogP) is 2.94. The summed E-state index contributed by atoms with van der Waals surface area (Å²) in [5.74, 6) is 0.337. The average Bonchev–Trinajstić information content (AvgIpc) is 2.87. The van der Waals surface area contributed by atoms with Crippen molar-refractivity contribution >= 4 is 34.4 Å². The molecule has 2 N–H and O–H groups in total. The molecule has 0 amide bonds. The van der Waals surface area contributed by atoms with E-state index in [1.807, 2.05) is 20.0 Å². The van der Waals surface area contributed by atoms with Gasteiger partial charge in [0.25, 0.3) is 5.69 Å². The third kappa shape index (κ3) is 3.95. The van der Waals surface area contributed by atoms with Gasteiger partial charge in [-0.15, -0.1) is 0 Å². The van der Waals surface area contributed by atoms with Crippen LogP contribution >= 0.6 is 12.2 Å². The minimum Gasteiger partial charge on any atom is -0.494 e. The summed E-state index contributed by atoms with van der Waals surface area (Å²) in [5.41, 5.74) is 2.11. The van der Waals surface area contributed by atoms with Gasteiger partial charge in [0, 0.05) is 18.8 Å². The highest BCUT2D eigenvalue weighted by Crippen LogP contribution is 2.29. The molecular weight excluding hydrogens is 318 g/mol. The molecule has 0 bridgehead atoms. The zero-order valence-electron chi connectivity index (χ0n) is 13.0. The summed E-state index contributed by atoms with van der Waals surface area (Å²) in [4.78, 5) is 10.3. The summed E-state index contributed by atoms with van der Waals surface area (Å²) in [7, 11) is 1.44. The lowest BCUT2D eigenvalue weighted by molar-refractivity contribution is -0.384. The smallest absolute Gasteiger partial charge is 0.273 e. The molecule has 0 atom stereocenters. The fraction of sp³-hybridized carbons (Fsp3) is 0.286. The Balaban J connectivity index is 2.13. The molecule has 8 nitrogen and oxygen atoms in total. The number of aryl methyl sites for hydroxylation is 2. The fourth-order valence-corrected chi connectivity index (χ4v) is 2.20. The second-order valence-corrected chi connectivity index (χ2v) is 5.11. The SMILES string of the molecule is CCn1cc(NC(=S)Nc2ccc([N+](=O)[O-])cc2OC)c(C)n1. The van der Waals surface area contributed by atoms with Gasteiger partial charge in [-0.1, -0.05) is 0 Å². The first-order chi connectivity index (χ1) is 10.9. The molecule has 0 aliphatic carbocycles. The lowest BCUT2D eigenvalue weighted by Crippen LogP contribution is -2.19. The monoisotopic (exact) mass is 335 g/mol. The van der Waals surface area contributed by atoms with Gasteiger partial charge in [-0.25, -0.2) is 0 Å². The van der Waals surface area contributed by atoms with E-state index in [-0.39, 0.29) is 5.69 Å². The molecule has 0 aliphatic rings. The normalized spacial score (nSPS) is 10.2. The van der Waals surface area contributed by atoms with Crippen molar-refractivity contribution in [1.82, 2.24) is 9.78 Å². The van der Waals surface area contributed by atoms with E-state index >= 15 is 0 Å². The van der Waals surface area contributed by atoms with Crippen LogP contribution in [0.15, 0.2) is 24.4 Å². The van der Waals surface area contributed by atoms with Gasteiger partial charge in [-0.3, -0.25) is 14.8 Å². The maximum absolute atomic E-state index is 10.8. The van der Waals surface area contributed by atoms with Gasteiger partial charge in [0.1, 0.15) is 5.75 Å². The van der Waals surface area contributed by atoms with Crippen molar-refractivity contribution in [3.8, 4) is 5.75 Å². The summed E-state index contributed by atoms with van der Waals surface area (Å²) in [6.07, 6.45) is 1.86. The van der Waals surface area contributed by atoms with Crippen LogP contribution in [-0.2, 0) is 6.54 Å². The zero-order chi connectivity index (χ0) is 17.0. The number of ether oxygens (including phenoxy) is 1. The number of hydrogen-bond donors (Lipinski definition) is 2. The van der Waals surface area contributed by atoms with Crippen molar-refractivity contribution in [1.29, 1.82) is 0 Å². The molecule has 0 fully saturated rings. The van der Waals surface area contributed by atoms with Crippen molar-refractivity contribution in [2.24, 2.45) is 0 Å². The number of nitrogens with one attached hydrogen (secondary N) is 2. The van der Waals surface area contributed by atoms with E-state index in [0.717, 1.165) is 17.9 Å². The van der Waals surface area contributed by atoms with Gasteiger partial charge in [-0.05, 0) is 32.1 Å². The van der Waals surface area contributed by atoms with E-state index in [1.54, 1.807) is 10.7 Å². The second-order valence-electron chi connectivity index (χ2n) is 4.70. The first-order valence-corrected chi connectivity index (χ1v) is 7.30. The van der Waals surface area contributed by atoms with Crippen molar-refractivity contribution in [2.75, 3.05) is 17.7 Å². The predicted molar refractivity (Wildman–Crippen MR) is 92.1 cm³/mol. The number of hydrogen-bond acceptors (Lipinski definition) is 5. The molecule has 2 rings (SSSR count). The first-order valence-electron chi connectivity index (χ1n) is 6.89. The van der Waals surface area contributed by atoms with Crippen molar-refractivity contribution < 1.29 is 9.66 Å². The van der Waals surface area contributed by atoms with Crippen LogP contribution in [0.25, 0.3) is 0 Å². The topological polar surface area (TPSA) is 94.2 Å². The van der Waals surface area contributed by atoms with E-state index in [0.29, 0.717) is 16.5 Å². The molecular formula is C14H17N5O3S. The molecule has 122 valence electrons. The van der Waals surface area contributed by atoms with Crippen LogP contribution in [0.2, 0.25) is 0 Å². The van der Waals surface area contributed by atoms with Crippen LogP contribution < -0.4 is 15.4 Å². The van der Waals surface area contributed by atoms with Gasteiger partial charge in [0.2, 0.25) is 0 Å². The molecule has 1 aromatic heterocycles. The molecule has 0 saturated heterocycles. The average molecular weight is 335 g/mol. The Bertz CT molecular complexity index is 744. The summed E-state index contributed by atoms with van der Waals surface area (Å²) in [6.45, 7) is 4.64. The van der Waals surface area contributed by atoms with Gasteiger partial charge in [0.05, 0.1) is 35.2 Å². The number of nitrogens with zero attached hydrogens (tertiary/aromatic N) is 3. The van der Waals surface area contributed by atoms with Crippen molar-refractivity contribution in [3.05, 3.63) is 40.2 Å². The highest BCUT2D eigenvalue weighted by atomic mass is 32.1. The molecule has 0 unspecified atom stereocenters. The second kappa shape index (κ2) is 7.05. The zero-order valence-corrected chi connectivity index (χ0v) is 13.8. The Morgan fingerprint density at radius 2 is 2.13 bits per heavy atom. The summed E-state index contributed by atoms with van der Waals surface area (Å²) >= 11 is 5.27. The Labute approximate surface area is 138 Å². The van der Waals surface area contributed by atoms with Gasteiger partial charge in [-0.2, -0.15) is 5.10 Å². The number of anilines is 2. The third-order valence-electron chi connectivity index (χ3n) is 3.16. The fourth-order valence-electron chi connectivity index (χ4n) is 1.98. The Kier molecular flexibility index (Phi) is 5.12. The highest BCUT2D eigenvalue weighted by Gasteiger charge is 2.13. The minimum atomic E-state index is -0.481. The van der Waals surface area contributed by atoms with Crippen LogP contribution in [0.3, 0.4) is 0 Å². The number of non-ortho nitro benzene ring substituents is 1. The van der Waals surface area contributed by atoms with E-state index in [2.05, 4.69) is 15.7 Å². The molecule has 0 spiro atoms. The van der Waals surface area contributed by atoms with Crippen LogP contribution in [-0.4, -0.2) is 26.9 Å². The Hall–Kier alpha value is -2.68. The summed E-state index contributed by atoms with van der Waals surface area (Å²) in [5, 5.41) is 21.5. The van der Waals surface area contributed by atoms with Crippen molar-refractivity contribution in [2.45, 2.75) is 20.4 Å². The standard InChI is InChI=1S/C14H17N5O3S/c1-4-18-8-12(9(2)17-18)16-14(23)15-11-6-5-10(19(20)21)7-13(11)22-3/h5-8H,4H2,1-3H3,(H2,15,16,23). The number of nitro groups is 1. The van der Waals surface area contributed by atoms with E-state index in [1.165, 1.54) is 19.2 Å². The minimum absolute atomic E-state index is 0.0497. The lowest BCUT2D eigenvalue weighted by atomic mass is 10.2. The quantitative estimate of drug-likeness (QED) is 0.493. The van der Waals surface area contributed by atoms with Crippen molar-refractivity contribution in [3.63, 3.8) is 0 Å². The highest BCUT2D eigenvalue weighted by molar-refractivity contribution is 7.80. The first kappa shape index (κ1) is 16.7. The number of thiocarbonyl (C=S) groups is 1. The van der Waals surface area contributed by atoms with E-state index in [9.17, 15) is 10.1 Å². The maximum atomic E-state index is 10.8. The Morgan fingerprint density at radius 3 is 2.70 bits per heavy atom. The van der Waals surface area contributed by atoms with E-state index < -0.39 is 4.92 Å². The van der Waals surface area contributed by atoms with Crippen LogP contribution in [0.5, 0.6) is 5.75 Å². The largest absolute Gasteiger partial charge is 0.494 e. The molecule has 2 aromatic rings. The molecule has 1 heterocycles. The summed E-state index contributed by atoms with van der Waals surface area (Å²) in [6, 6.07) is 4.27. The number of methoxy groups -OCH3 is 1. The van der Waals surface area contributed by atoms with Gasteiger partial charge < -0.3 is 15.4 Å².